The fraction of sp³-hybridized carbons (Fsp3) is 1.00. The van der Waals surface area contributed by atoms with Crippen molar-refractivity contribution in [3.63, 3.8) is 0 Å². The van der Waals surface area contributed by atoms with Crippen molar-refractivity contribution < 1.29 is 8.78 Å². The molecule has 0 nitrogen and oxygen atoms in total. The Morgan fingerprint density at radius 2 is 1.29 bits per heavy atom. The molecule has 0 aromatic carbocycles. The van der Waals surface area contributed by atoms with Crippen LogP contribution in [0.25, 0.3) is 0 Å². The zero-order chi connectivity index (χ0) is 15.9. The van der Waals surface area contributed by atoms with E-state index in [9.17, 15) is 8.78 Å². The Bertz CT molecular complexity index is 201. The highest BCUT2D eigenvalue weighted by Gasteiger charge is 2.29. The quantitative estimate of drug-likeness (QED) is 0.222. The Labute approximate surface area is 139 Å². The van der Waals surface area contributed by atoms with Gasteiger partial charge in [-0.3, -0.25) is 0 Å². The van der Waals surface area contributed by atoms with Gasteiger partial charge in [0.05, 0.1) is 5.25 Å². The van der Waals surface area contributed by atoms with Crippen LogP contribution in [-0.4, -0.2) is 17.4 Å². The Hall–Kier alpha value is 0.560. The SMILES string of the molecule is CCCCCCC(CCCCCC)C(SSCC)C(F)F. The molecule has 0 aliphatic heterocycles. The molecule has 4 heteroatoms. The number of unbranched alkanes of at least 4 members (excludes halogenated alkanes) is 6. The van der Waals surface area contributed by atoms with Crippen molar-refractivity contribution in [2.75, 3.05) is 5.75 Å². The van der Waals surface area contributed by atoms with E-state index in [1.54, 1.807) is 10.8 Å². The van der Waals surface area contributed by atoms with Gasteiger partial charge in [-0.2, -0.15) is 0 Å². The van der Waals surface area contributed by atoms with Crippen molar-refractivity contribution in [3.8, 4) is 0 Å². The second kappa shape index (κ2) is 15.5. The summed E-state index contributed by atoms with van der Waals surface area (Å²) in [6.07, 6.45) is 9.30. The van der Waals surface area contributed by atoms with Crippen LogP contribution in [0.1, 0.15) is 85.0 Å². The summed E-state index contributed by atoms with van der Waals surface area (Å²) in [6, 6.07) is 0. The van der Waals surface area contributed by atoms with Crippen LogP contribution in [0.2, 0.25) is 0 Å². The number of hydrogen-bond donors (Lipinski definition) is 0. The lowest BCUT2D eigenvalue weighted by Crippen LogP contribution is -2.24. The van der Waals surface area contributed by atoms with Gasteiger partial charge in [0.25, 0.3) is 6.43 Å². The highest BCUT2D eigenvalue weighted by atomic mass is 33.1. The van der Waals surface area contributed by atoms with Crippen LogP contribution in [0.4, 0.5) is 8.78 Å². The number of rotatable bonds is 15. The molecule has 0 fully saturated rings. The van der Waals surface area contributed by atoms with E-state index in [0.29, 0.717) is 0 Å². The Morgan fingerprint density at radius 3 is 1.67 bits per heavy atom. The summed E-state index contributed by atoms with van der Waals surface area (Å²) in [5, 5.41) is -0.474. The highest BCUT2D eigenvalue weighted by Crippen LogP contribution is 2.39. The van der Waals surface area contributed by atoms with Crippen molar-refractivity contribution >= 4 is 21.6 Å². The Morgan fingerprint density at radius 1 is 0.762 bits per heavy atom. The Balaban J connectivity index is 4.33. The molecular formula is C17H34F2S2. The van der Waals surface area contributed by atoms with E-state index in [-0.39, 0.29) is 5.92 Å². The molecule has 0 aromatic heterocycles. The molecule has 21 heavy (non-hydrogen) atoms. The molecule has 0 saturated heterocycles. The van der Waals surface area contributed by atoms with E-state index in [0.717, 1.165) is 31.4 Å². The lowest BCUT2D eigenvalue weighted by molar-refractivity contribution is 0.117. The summed E-state index contributed by atoms with van der Waals surface area (Å²) in [7, 11) is 3.03. The third-order valence-electron chi connectivity index (χ3n) is 3.87. The maximum atomic E-state index is 13.4. The first-order chi connectivity index (χ1) is 10.2. The van der Waals surface area contributed by atoms with Crippen molar-refractivity contribution in [2.45, 2.75) is 96.7 Å². The third kappa shape index (κ3) is 11.7. The standard InChI is InChI=1S/C17H34F2S2/c1-4-7-9-11-13-15(14-12-10-8-5-2)16(17(18)19)21-20-6-3/h15-17H,4-14H2,1-3H3. The lowest BCUT2D eigenvalue weighted by Gasteiger charge is -2.26. The molecule has 0 radical (unpaired) electrons. The average molecular weight is 341 g/mol. The molecular weight excluding hydrogens is 306 g/mol. The van der Waals surface area contributed by atoms with Crippen molar-refractivity contribution in [1.82, 2.24) is 0 Å². The van der Waals surface area contributed by atoms with Gasteiger partial charge in [-0.25, -0.2) is 8.78 Å². The molecule has 0 saturated carbocycles. The first kappa shape index (κ1) is 21.6. The minimum absolute atomic E-state index is 0.197. The molecule has 0 heterocycles. The summed E-state index contributed by atoms with van der Waals surface area (Å²) in [5.74, 6) is 1.11. The van der Waals surface area contributed by atoms with Crippen LogP contribution < -0.4 is 0 Å². The van der Waals surface area contributed by atoms with Crippen LogP contribution in [0.5, 0.6) is 0 Å². The molecule has 0 aromatic rings. The van der Waals surface area contributed by atoms with Gasteiger partial charge < -0.3 is 0 Å². The molecule has 128 valence electrons. The first-order valence-electron chi connectivity index (χ1n) is 8.73. The zero-order valence-electron chi connectivity index (χ0n) is 14.1. The van der Waals surface area contributed by atoms with Gasteiger partial charge in [0.15, 0.2) is 0 Å². The first-order valence-corrected chi connectivity index (χ1v) is 11.1. The molecule has 0 aliphatic carbocycles. The fourth-order valence-electron chi connectivity index (χ4n) is 2.61. The monoisotopic (exact) mass is 340 g/mol. The van der Waals surface area contributed by atoms with E-state index >= 15 is 0 Å². The van der Waals surface area contributed by atoms with Crippen LogP contribution in [-0.2, 0) is 0 Å². The highest BCUT2D eigenvalue weighted by molar-refractivity contribution is 8.76. The third-order valence-corrected chi connectivity index (χ3v) is 6.83. The number of hydrogen-bond acceptors (Lipinski definition) is 2. The van der Waals surface area contributed by atoms with Crippen molar-refractivity contribution in [3.05, 3.63) is 0 Å². The largest absolute Gasteiger partial charge is 0.251 e. The summed E-state index contributed by atoms with van der Waals surface area (Å²) in [4.78, 5) is 0. The molecule has 0 bridgehead atoms. The normalized spacial score (nSPS) is 13.3. The maximum absolute atomic E-state index is 13.4. The predicted molar refractivity (Wildman–Crippen MR) is 96.5 cm³/mol. The van der Waals surface area contributed by atoms with Crippen LogP contribution >= 0.6 is 21.6 Å². The molecule has 0 spiro atoms. The fourth-order valence-corrected chi connectivity index (χ4v) is 5.02. The smallest absolute Gasteiger partial charge is 0.209 e. The van der Waals surface area contributed by atoms with Crippen molar-refractivity contribution in [2.24, 2.45) is 5.92 Å². The van der Waals surface area contributed by atoms with Crippen LogP contribution in [0.15, 0.2) is 0 Å². The minimum atomic E-state index is -2.18. The molecule has 1 atom stereocenters. The number of halogens is 2. The molecule has 1 unspecified atom stereocenters. The van der Waals surface area contributed by atoms with Gasteiger partial charge in [-0.1, -0.05) is 93.7 Å². The van der Waals surface area contributed by atoms with Crippen LogP contribution in [0.3, 0.4) is 0 Å². The summed E-state index contributed by atoms with van der Waals surface area (Å²) >= 11 is 0. The van der Waals surface area contributed by atoms with E-state index in [2.05, 4.69) is 13.8 Å². The second-order valence-corrected chi connectivity index (χ2v) is 8.59. The number of alkyl halides is 2. The average Bonchev–Trinajstić information content (AvgIpc) is 2.47. The predicted octanol–water partition coefficient (Wildman–Crippen LogP) is 7.58. The van der Waals surface area contributed by atoms with Gasteiger partial charge in [0, 0.05) is 5.75 Å². The lowest BCUT2D eigenvalue weighted by atomic mass is 9.91. The molecule has 0 N–H and O–H groups in total. The summed E-state index contributed by atoms with van der Waals surface area (Å²) in [6.45, 7) is 6.42. The zero-order valence-corrected chi connectivity index (χ0v) is 15.7. The molecule has 0 aliphatic rings. The topological polar surface area (TPSA) is 0 Å². The summed E-state index contributed by atoms with van der Waals surface area (Å²) in [5.41, 5.74) is 0. The van der Waals surface area contributed by atoms with Gasteiger partial charge in [0.2, 0.25) is 0 Å². The summed E-state index contributed by atoms with van der Waals surface area (Å²) < 4.78 is 26.8. The van der Waals surface area contributed by atoms with E-state index in [4.69, 9.17) is 0 Å². The maximum Gasteiger partial charge on any atom is 0.251 e. The Kier molecular flexibility index (Phi) is 15.9. The van der Waals surface area contributed by atoms with Crippen LogP contribution in [0, 0.1) is 5.92 Å². The van der Waals surface area contributed by atoms with E-state index in [1.165, 1.54) is 49.3 Å². The van der Waals surface area contributed by atoms with E-state index < -0.39 is 11.7 Å². The van der Waals surface area contributed by atoms with E-state index in [1.807, 2.05) is 6.92 Å². The molecule has 0 rings (SSSR count). The van der Waals surface area contributed by atoms with Gasteiger partial charge in [0.1, 0.15) is 0 Å². The van der Waals surface area contributed by atoms with Crippen molar-refractivity contribution in [1.29, 1.82) is 0 Å². The van der Waals surface area contributed by atoms with Gasteiger partial charge >= 0.3 is 0 Å². The van der Waals surface area contributed by atoms with Gasteiger partial charge in [-0.15, -0.1) is 0 Å². The minimum Gasteiger partial charge on any atom is -0.209 e. The molecule has 0 amide bonds. The second-order valence-electron chi connectivity index (χ2n) is 5.76. The van der Waals surface area contributed by atoms with Gasteiger partial charge in [-0.05, 0) is 18.8 Å².